The maximum Gasteiger partial charge on any atom is 0.323 e. The highest BCUT2D eigenvalue weighted by Gasteiger charge is 2.23. The molecule has 0 aliphatic carbocycles. The quantitative estimate of drug-likeness (QED) is 0.266. The van der Waals surface area contributed by atoms with E-state index in [1.54, 1.807) is 0 Å². The van der Waals surface area contributed by atoms with Gasteiger partial charge in [-0.05, 0) is 70.1 Å². The number of piperazine rings is 1. The number of carbonyl (C=O) groups is 2. The SMILES string of the molecule is CC(C)c1cccc(C(C)C)c1NC(=O)Nc1ccc(N2CCN(C(=O)c3ccc4ccccc4c3)CC2)cc1. The summed E-state index contributed by atoms with van der Waals surface area (Å²) in [5.74, 6) is 0.684. The van der Waals surface area contributed by atoms with Crippen LogP contribution in [-0.2, 0) is 0 Å². The fourth-order valence-corrected chi connectivity index (χ4v) is 5.40. The maximum absolute atomic E-state index is 13.1. The molecule has 1 fully saturated rings. The van der Waals surface area contributed by atoms with Crippen LogP contribution >= 0.6 is 0 Å². The molecule has 0 bridgehead atoms. The molecule has 6 nitrogen and oxygen atoms in total. The first-order valence-electron chi connectivity index (χ1n) is 14.1. The number of fused-ring (bicyclic) bond motifs is 1. The standard InChI is InChI=1S/C34H38N4O2/c1-23(2)30-10-7-11-31(24(3)4)32(30)36-34(40)35-28-14-16-29(17-15-28)37-18-20-38(21-19-37)33(39)27-13-12-25-8-5-6-9-26(25)22-27/h5-17,22-24H,18-21H2,1-4H3,(H2,35,36,40). The summed E-state index contributed by atoms with van der Waals surface area (Å²) < 4.78 is 0. The molecule has 3 amide bonds. The number of nitrogens with one attached hydrogen (secondary N) is 2. The van der Waals surface area contributed by atoms with Gasteiger partial charge >= 0.3 is 6.03 Å². The van der Waals surface area contributed by atoms with E-state index in [4.69, 9.17) is 0 Å². The zero-order chi connectivity index (χ0) is 28.2. The van der Waals surface area contributed by atoms with Gasteiger partial charge in [0.05, 0.1) is 0 Å². The molecule has 0 spiro atoms. The lowest BCUT2D eigenvalue weighted by Gasteiger charge is -2.36. The van der Waals surface area contributed by atoms with Crippen molar-refractivity contribution >= 4 is 39.8 Å². The van der Waals surface area contributed by atoms with Gasteiger partial charge in [-0.3, -0.25) is 4.79 Å². The molecule has 0 radical (unpaired) electrons. The van der Waals surface area contributed by atoms with Gasteiger partial charge in [-0.2, -0.15) is 0 Å². The second-order valence-corrected chi connectivity index (χ2v) is 11.1. The van der Waals surface area contributed by atoms with E-state index < -0.39 is 0 Å². The number of para-hydroxylation sites is 1. The summed E-state index contributed by atoms with van der Waals surface area (Å²) in [6.45, 7) is 11.4. The minimum absolute atomic E-state index is 0.0793. The zero-order valence-electron chi connectivity index (χ0n) is 23.8. The molecular weight excluding hydrogens is 496 g/mol. The minimum Gasteiger partial charge on any atom is -0.368 e. The average molecular weight is 535 g/mol. The first-order chi connectivity index (χ1) is 19.3. The van der Waals surface area contributed by atoms with Crippen LogP contribution < -0.4 is 15.5 Å². The molecule has 1 aliphatic heterocycles. The van der Waals surface area contributed by atoms with E-state index in [0.717, 1.165) is 57.6 Å². The Morgan fingerprint density at radius 2 is 1.30 bits per heavy atom. The van der Waals surface area contributed by atoms with Crippen molar-refractivity contribution in [1.82, 2.24) is 4.90 Å². The predicted molar refractivity (Wildman–Crippen MR) is 166 cm³/mol. The third-order valence-corrected chi connectivity index (χ3v) is 7.67. The average Bonchev–Trinajstić information content (AvgIpc) is 2.97. The number of urea groups is 1. The Morgan fingerprint density at radius 1 is 0.675 bits per heavy atom. The van der Waals surface area contributed by atoms with E-state index in [-0.39, 0.29) is 11.9 Å². The number of benzene rings is 4. The van der Waals surface area contributed by atoms with E-state index in [1.165, 1.54) is 0 Å². The van der Waals surface area contributed by atoms with Crippen LogP contribution in [0.15, 0.2) is 84.9 Å². The lowest BCUT2D eigenvalue weighted by Crippen LogP contribution is -2.48. The van der Waals surface area contributed by atoms with Crippen LogP contribution in [0.3, 0.4) is 0 Å². The molecule has 4 aromatic carbocycles. The smallest absolute Gasteiger partial charge is 0.323 e. The van der Waals surface area contributed by atoms with E-state index >= 15 is 0 Å². The molecule has 1 aliphatic rings. The van der Waals surface area contributed by atoms with Crippen molar-refractivity contribution in [2.45, 2.75) is 39.5 Å². The fraction of sp³-hybridized carbons (Fsp3) is 0.294. The summed E-state index contributed by atoms with van der Waals surface area (Å²) in [4.78, 5) is 30.3. The summed E-state index contributed by atoms with van der Waals surface area (Å²) in [5, 5.41) is 8.31. The van der Waals surface area contributed by atoms with Crippen molar-refractivity contribution in [3.63, 3.8) is 0 Å². The second kappa shape index (κ2) is 11.8. The number of nitrogens with zero attached hydrogens (tertiary/aromatic N) is 2. The van der Waals surface area contributed by atoms with E-state index in [2.05, 4.69) is 67.5 Å². The third kappa shape index (κ3) is 5.96. The Bertz CT molecular complexity index is 1480. The molecule has 0 atom stereocenters. The van der Waals surface area contributed by atoms with Crippen LogP contribution in [0.4, 0.5) is 21.9 Å². The number of hydrogen-bond acceptors (Lipinski definition) is 3. The van der Waals surface area contributed by atoms with Gasteiger partial charge in [-0.25, -0.2) is 4.79 Å². The van der Waals surface area contributed by atoms with Crippen molar-refractivity contribution in [3.8, 4) is 0 Å². The van der Waals surface area contributed by atoms with E-state index in [0.29, 0.717) is 24.9 Å². The van der Waals surface area contributed by atoms with Crippen molar-refractivity contribution in [2.24, 2.45) is 0 Å². The number of anilines is 3. The van der Waals surface area contributed by atoms with Gasteiger partial charge in [-0.15, -0.1) is 0 Å². The highest BCUT2D eigenvalue weighted by Crippen LogP contribution is 2.32. The molecule has 0 aromatic heterocycles. The van der Waals surface area contributed by atoms with E-state index in [9.17, 15) is 9.59 Å². The number of amides is 3. The number of hydrogen-bond donors (Lipinski definition) is 2. The Morgan fingerprint density at radius 3 is 1.93 bits per heavy atom. The Hall–Kier alpha value is -4.32. The maximum atomic E-state index is 13.1. The Labute approximate surface area is 237 Å². The van der Waals surface area contributed by atoms with Crippen molar-refractivity contribution in [2.75, 3.05) is 41.7 Å². The third-order valence-electron chi connectivity index (χ3n) is 7.67. The molecule has 0 saturated carbocycles. The molecule has 2 N–H and O–H groups in total. The van der Waals surface area contributed by atoms with Gasteiger partial charge < -0.3 is 20.4 Å². The van der Waals surface area contributed by atoms with Gasteiger partial charge in [0.15, 0.2) is 0 Å². The summed E-state index contributed by atoms with van der Waals surface area (Å²) in [6, 6.07) is 27.9. The minimum atomic E-state index is -0.247. The first-order valence-corrected chi connectivity index (χ1v) is 14.1. The van der Waals surface area contributed by atoms with Crippen molar-refractivity contribution in [1.29, 1.82) is 0 Å². The summed E-state index contributed by atoms with van der Waals surface area (Å²) >= 11 is 0. The van der Waals surface area contributed by atoms with Crippen molar-refractivity contribution in [3.05, 3.63) is 102 Å². The van der Waals surface area contributed by atoms with Crippen molar-refractivity contribution < 1.29 is 9.59 Å². The molecule has 1 saturated heterocycles. The fourth-order valence-electron chi connectivity index (χ4n) is 5.40. The molecule has 1 heterocycles. The largest absolute Gasteiger partial charge is 0.368 e. The Kier molecular flexibility index (Phi) is 8.06. The molecule has 40 heavy (non-hydrogen) atoms. The lowest BCUT2D eigenvalue weighted by atomic mass is 9.93. The van der Waals surface area contributed by atoms with Gasteiger partial charge in [0, 0.05) is 48.8 Å². The second-order valence-electron chi connectivity index (χ2n) is 11.1. The molecule has 5 rings (SSSR count). The zero-order valence-corrected chi connectivity index (χ0v) is 23.8. The highest BCUT2D eigenvalue weighted by atomic mass is 16.2. The molecule has 4 aromatic rings. The Balaban J connectivity index is 1.18. The number of carbonyl (C=O) groups excluding carboxylic acids is 2. The normalized spacial score (nSPS) is 13.7. The number of rotatable bonds is 6. The van der Waals surface area contributed by atoms with Crippen LogP contribution in [0, 0.1) is 0 Å². The predicted octanol–water partition coefficient (Wildman–Crippen LogP) is 7.69. The van der Waals surface area contributed by atoms with Gasteiger partial charge in [0.2, 0.25) is 0 Å². The summed E-state index contributed by atoms with van der Waals surface area (Å²) in [7, 11) is 0. The van der Waals surface area contributed by atoms with Crippen LogP contribution in [0.1, 0.15) is 61.0 Å². The van der Waals surface area contributed by atoms with Crippen LogP contribution in [0.2, 0.25) is 0 Å². The summed E-state index contributed by atoms with van der Waals surface area (Å²) in [6.07, 6.45) is 0. The van der Waals surface area contributed by atoms with Crippen LogP contribution in [0.25, 0.3) is 10.8 Å². The van der Waals surface area contributed by atoms with Gasteiger partial charge in [0.1, 0.15) is 0 Å². The first kappa shape index (κ1) is 27.3. The molecule has 206 valence electrons. The van der Waals surface area contributed by atoms with Crippen LogP contribution in [-0.4, -0.2) is 43.0 Å². The summed E-state index contributed by atoms with van der Waals surface area (Å²) in [5.41, 5.74) is 5.72. The molecule has 6 heteroatoms. The van der Waals surface area contributed by atoms with Gasteiger partial charge in [0.25, 0.3) is 5.91 Å². The molecule has 0 unspecified atom stereocenters. The van der Waals surface area contributed by atoms with E-state index in [1.807, 2.05) is 65.6 Å². The highest BCUT2D eigenvalue weighted by molar-refractivity contribution is 6.01. The monoisotopic (exact) mass is 534 g/mol. The topological polar surface area (TPSA) is 64.7 Å². The van der Waals surface area contributed by atoms with Crippen LogP contribution in [0.5, 0.6) is 0 Å². The molecular formula is C34H38N4O2. The lowest BCUT2D eigenvalue weighted by molar-refractivity contribution is 0.0747. The van der Waals surface area contributed by atoms with Gasteiger partial charge in [-0.1, -0.05) is 76.2 Å².